The number of anilines is 1. The van der Waals surface area contributed by atoms with Crippen LogP contribution >= 0.6 is 0 Å². The molecule has 0 saturated carbocycles. The Morgan fingerprint density at radius 3 is 2.85 bits per heavy atom. The van der Waals surface area contributed by atoms with E-state index in [4.69, 9.17) is 15.6 Å². The number of nitrogens with two attached hydrogens (primary N) is 1. The van der Waals surface area contributed by atoms with E-state index in [1.807, 2.05) is 36.9 Å². The van der Waals surface area contributed by atoms with Gasteiger partial charge in [-0.25, -0.2) is 9.78 Å². The van der Waals surface area contributed by atoms with E-state index < -0.39 is 0 Å². The molecular weight excluding hydrogens is 418 g/mol. The van der Waals surface area contributed by atoms with E-state index in [0.29, 0.717) is 18.1 Å². The molecule has 0 bridgehead atoms. The summed E-state index contributed by atoms with van der Waals surface area (Å²) in [5, 5.41) is 7.76. The summed E-state index contributed by atoms with van der Waals surface area (Å²) in [7, 11) is 0. The monoisotopic (exact) mass is 447 g/mol. The molecule has 9 nitrogen and oxygen atoms in total. The van der Waals surface area contributed by atoms with Crippen LogP contribution in [0.5, 0.6) is 5.75 Å². The number of hydrogen-bond donors (Lipinski definition) is 2. The van der Waals surface area contributed by atoms with Gasteiger partial charge in [-0.05, 0) is 56.5 Å². The minimum Gasteiger partial charge on any atom is -0.482 e. The second-order valence-electron chi connectivity index (χ2n) is 8.82. The first-order valence-electron chi connectivity index (χ1n) is 11.4. The van der Waals surface area contributed by atoms with E-state index in [1.165, 1.54) is 5.69 Å². The number of aromatic nitrogens is 4. The predicted molar refractivity (Wildman–Crippen MR) is 125 cm³/mol. The molecule has 3 N–H and O–H groups in total. The number of likely N-dealkylation sites (tertiary alicyclic amines) is 1. The van der Waals surface area contributed by atoms with E-state index in [1.54, 1.807) is 18.6 Å². The molecule has 5 rings (SSSR count). The lowest BCUT2D eigenvalue weighted by Gasteiger charge is -2.23. The second kappa shape index (κ2) is 8.38. The normalized spacial score (nSPS) is 20.1. The van der Waals surface area contributed by atoms with Gasteiger partial charge in [0.25, 0.3) is 0 Å². The quantitative estimate of drug-likeness (QED) is 0.622. The number of nitrogens with zero attached hydrogens (tertiary/aromatic N) is 5. The highest BCUT2D eigenvalue weighted by Gasteiger charge is 2.46. The Hall–Kier alpha value is -3.62. The third-order valence-electron chi connectivity index (χ3n) is 6.75. The maximum absolute atomic E-state index is 12.3. The van der Waals surface area contributed by atoms with Gasteiger partial charge in [-0.2, -0.15) is 5.10 Å². The Labute approximate surface area is 193 Å². The van der Waals surface area contributed by atoms with Gasteiger partial charge in [-0.1, -0.05) is 0 Å². The van der Waals surface area contributed by atoms with Crippen LogP contribution in [0.4, 0.5) is 10.6 Å². The number of carbonyl (C=O) groups excluding carboxylic acids is 1. The molecule has 2 aliphatic rings. The Bertz CT molecular complexity index is 1160. The fourth-order valence-corrected chi connectivity index (χ4v) is 4.91. The first kappa shape index (κ1) is 21.2. The van der Waals surface area contributed by atoms with E-state index in [9.17, 15) is 4.79 Å². The third-order valence-corrected chi connectivity index (χ3v) is 6.75. The first-order valence-corrected chi connectivity index (χ1v) is 11.4. The number of pyridine rings is 2. The maximum Gasteiger partial charge on any atom is 0.317 e. The summed E-state index contributed by atoms with van der Waals surface area (Å²) in [5.74, 6) is 0.874. The molecule has 2 atom stereocenters. The van der Waals surface area contributed by atoms with Crippen LogP contribution in [0, 0.1) is 0 Å². The molecule has 2 amide bonds. The van der Waals surface area contributed by atoms with Crippen molar-refractivity contribution in [3.63, 3.8) is 0 Å². The number of ether oxygens (including phenoxy) is 1. The maximum atomic E-state index is 12.3. The van der Waals surface area contributed by atoms with Crippen LogP contribution < -0.4 is 15.8 Å². The van der Waals surface area contributed by atoms with Crippen molar-refractivity contribution in [1.29, 1.82) is 0 Å². The molecule has 1 fully saturated rings. The Morgan fingerprint density at radius 2 is 2.06 bits per heavy atom. The summed E-state index contributed by atoms with van der Waals surface area (Å²) in [4.78, 5) is 22.7. The van der Waals surface area contributed by atoms with Crippen LogP contribution in [0.1, 0.15) is 44.1 Å². The SMILES string of the molecule is CCNC(=O)N1CCC2(CCn3nc(-c4cnc(N)c(O[C@H](C)c5ccncc5)c4)cc32)C1. The zero-order valence-corrected chi connectivity index (χ0v) is 19.0. The van der Waals surface area contributed by atoms with E-state index in [2.05, 4.69) is 26.0 Å². The van der Waals surface area contributed by atoms with Gasteiger partial charge in [-0.15, -0.1) is 0 Å². The fourth-order valence-electron chi connectivity index (χ4n) is 4.91. The van der Waals surface area contributed by atoms with Gasteiger partial charge in [0.15, 0.2) is 11.6 Å². The van der Waals surface area contributed by atoms with Crippen molar-refractivity contribution in [3.05, 3.63) is 54.1 Å². The van der Waals surface area contributed by atoms with Crippen LogP contribution in [-0.2, 0) is 12.0 Å². The third kappa shape index (κ3) is 3.88. The van der Waals surface area contributed by atoms with Gasteiger partial charge >= 0.3 is 6.03 Å². The number of hydrogen-bond acceptors (Lipinski definition) is 6. The molecule has 5 heterocycles. The highest BCUT2D eigenvalue weighted by Crippen LogP contribution is 2.44. The minimum atomic E-state index is -0.193. The first-order chi connectivity index (χ1) is 16.0. The smallest absolute Gasteiger partial charge is 0.317 e. The predicted octanol–water partition coefficient (Wildman–Crippen LogP) is 3.14. The number of carbonyl (C=O) groups is 1. The summed E-state index contributed by atoms with van der Waals surface area (Å²) in [6.07, 6.45) is 6.98. The lowest BCUT2D eigenvalue weighted by molar-refractivity contribution is 0.206. The van der Waals surface area contributed by atoms with Crippen molar-refractivity contribution in [1.82, 2.24) is 30.0 Å². The van der Waals surface area contributed by atoms with E-state index >= 15 is 0 Å². The standard InChI is InChI=1S/C24H29N7O2/c1-3-27-23(32)30-10-6-24(15-30)7-11-31-21(24)13-19(29-31)18-12-20(22(25)28-14-18)33-16(2)17-4-8-26-9-5-17/h4-5,8-9,12-14,16H,3,6-7,10-11,15H2,1-2H3,(H2,25,28)(H,27,32)/t16-,24?/m1/s1. The largest absolute Gasteiger partial charge is 0.482 e. The average Bonchev–Trinajstić information content (AvgIpc) is 3.53. The molecule has 1 saturated heterocycles. The van der Waals surface area contributed by atoms with Crippen LogP contribution in [-0.4, -0.2) is 50.3 Å². The molecule has 0 radical (unpaired) electrons. The Morgan fingerprint density at radius 1 is 1.27 bits per heavy atom. The Balaban J connectivity index is 1.38. The van der Waals surface area contributed by atoms with Crippen molar-refractivity contribution in [2.24, 2.45) is 0 Å². The average molecular weight is 448 g/mol. The number of aryl methyl sites for hydroxylation is 1. The van der Waals surface area contributed by atoms with Gasteiger partial charge in [-0.3, -0.25) is 9.67 Å². The number of amides is 2. The van der Waals surface area contributed by atoms with Gasteiger partial charge in [0.1, 0.15) is 6.10 Å². The zero-order valence-electron chi connectivity index (χ0n) is 19.0. The van der Waals surface area contributed by atoms with E-state index in [0.717, 1.165) is 49.3 Å². The Kier molecular flexibility index (Phi) is 5.39. The number of urea groups is 1. The van der Waals surface area contributed by atoms with Crippen molar-refractivity contribution >= 4 is 11.8 Å². The molecule has 9 heteroatoms. The number of nitrogen functional groups attached to an aromatic ring is 1. The molecule has 3 aromatic heterocycles. The molecule has 0 aromatic carbocycles. The summed E-state index contributed by atoms with van der Waals surface area (Å²) in [5.41, 5.74) is 9.98. The van der Waals surface area contributed by atoms with Crippen molar-refractivity contribution in [3.8, 4) is 17.0 Å². The molecule has 172 valence electrons. The molecule has 2 aliphatic heterocycles. The van der Waals surface area contributed by atoms with Crippen molar-refractivity contribution < 1.29 is 9.53 Å². The lowest BCUT2D eigenvalue weighted by atomic mass is 9.82. The molecule has 1 spiro atoms. The second-order valence-corrected chi connectivity index (χ2v) is 8.82. The van der Waals surface area contributed by atoms with Crippen molar-refractivity contribution in [2.75, 3.05) is 25.4 Å². The summed E-state index contributed by atoms with van der Waals surface area (Å²) in [6.45, 7) is 6.89. The minimum absolute atomic E-state index is 0.0143. The topological polar surface area (TPSA) is 111 Å². The number of nitrogens with one attached hydrogen (secondary N) is 1. The van der Waals surface area contributed by atoms with E-state index in [-0.39, 0.29) is 17.6 Å². The highest BCUT2D eigenvalue weighted by atomic mass is 16.5. The zero-order chi connectivity index (χ0) is 23.0. The van der Waals surface area contributed by atoms with Gasteiger partial charge in [0.2, 0.25) is 0 Å². The molecule has 3 aromatic rings. The molecule has 33 heavy (non-hydrogen) atoms. The van der Waals surface area contributed by atoms with Crippen LogP contribution in [0.3, 0.4) is 0 Å². The fraction of sp³-hybridized carbons (Fsp3) is 0.417. The van der Waals surface area contributed by atoms with Gasteiger partial charge < -0.3 is 20.7 Å². The van der Waals surface area contributed by atoms with Crippen LogP contribution in [0.25, 0.3) is 11.3 Å². The summed E-state index contributed by atoms with van der Waals surface area (Å²) < 4.78 is 8.20. The summed E-state index contributed by atoms with van der Waals surface area (Å²) >= 11 is 0. The van der Waals surface area contributed by atoms with Gasteiger partial charge in [0.05, 0.1) is 5.69 Å². The van der Waals surface area contributed by atoms with Crippen molar-refractivity contribution in [2.45, 2.75) is 44.8 Å². The molecule has 0 aliphatic carbocycles. The van der Waals surface area contributed by atoms with Crippen LogP contribution in [0.15, 0.2) is 42.9 Å². The van der Waals surface area contributed by atoms with Gasteiger partial charge in [0, 0.05) is 61.4 Å². The number of rotatable bonds is 5. The molecule has 1 unspecified atom stereocenters. The summed E-state index contributed by atoms with van der Waals surface area (Å²) in [6, 6.07) is 7.89. The lowest BCUT2D eigenvalue weighted by Crippen LogP contribution is -2.40. The molecular formula is C24H29N7O2. The highest BCUT2D eigenvalue weighted by molar-refractivity contribution is 5.75. The van der Waals surface area contributed by atoms with Crippen LogP contribution in [0.2, 0.25) is 0 Å². The number of fused-ring (bicyclic) bond motifs is 2.